The molecule has 0 bridgehead atoms. The second kappa shape index (κ2) is 8.81. The summed E-state index contributed by atoms with van der Waals surface area (Å²) < 4.78 is 33.3. The summed E-state index contributed by atoms with van der Waals surface area (Å²) in [5.41, 5.74) is 2.10. The molecule has 2 aromatic carbocycles. The maximum absolute atomic E-state index is 13.4. The summed E-state index contributed by atoms with van der Waals surface area (Å²) in [6.45, 7) is 4.89. The number of fused-ring (bicyclic) bond motifs is 1. The van der Waals surface area contributed by atoms with Crippen LogP contribution in [0.15, 0.2) is 47.4 Å². The molecule has 1 fully saturated rings. The number of para-hydroxylation sites is 1. The van der Waals surface area contributed by atoms with E-state index in [1.807, 2.05) is 43.0 Å². The average Bonchev–Trinajstić information content (AvgIpc) is 3.10. The Kier molecular flexibility index (Phi) is 6.28. The standard InChI is InChI=1S/C23H27ClN2O4S/c1-3-30-22-11-10-19(14-20(22)24)31(28,29)25-12-6-8-18(15-25)23(27)26-16(2)13-17-7-4-5-9-21(17)26/h4-5,7,9-11,14,16,18H,3,6,8,12-13,15H2,1-2H3/t16-,18+/m1/s1. The van der Waals surface area contributed by atoms with E-state index < -0.39 is 10.0 Å². The number of benzene rings is 2. The van der Waals surface area contributed by atoms with Crippen molar-refractivity contribution in [2.45, 2.75) is 44.0 Å². The fourth-order valence-electron chi connectivity index (χ4n) is 4.52. The quantitative estimate of drug-likeness (QED) is 0.670. The maximum Gasteiger partial charge on any atom is 0.243 e. The molecule has 6 nitrogen and oxygen atoms in total. The normalized spacial score (nSPS) is 21.7. The van der Waals surface area contributed by atoms with E-state index in [1.54, 1.807) is 6.07 Å². The van der Waals surface area contributed by atoms with Crippen LogP contribution in [0.4, 0.5) is 5.69 Å². The first-order valence-electron chi connectivity index (χ1n) is 10.7. The Balaban J connectivity index is 1.54. The highest BCUT2D eigenvalue weighted by molar-refractivity contribution is 7.89. The fraction of sp³-hybridized carbons (Fsp3) is 0.435. The van der Waals surface area contributed by atoms with E-state index in [4.69, 9.17) is 16.3 Å². The minimum atomic E-state index is -3.76. The van der Waals surface area contributed by atoms with Crippen LogP contribution < -0.4 is 9.64 Å². The first-order valence-corrected chi connectivity index (χ1v) is 12.5. The highest BCUT2D eigenvalue weighted by Crippen LogP contribution is 2.35. The van der Waals surface area contributed by atoms with E-state index >= 15 is 0 Å². The van der Waals surface area contributed by atoms with E-state index in [9.17, 15) is 13.2 Å². The number of sulfonamides is 1. The van der Waals surface area contributed by atoms with Crippen molar-refractivity contribution in [3.05, 3.63) is 53.1 Å². The van der Waals surface area contributed by atoms with Gasteiger partial charge in [-0.3, -0.25) is 4.79 Å². The smallest absolute Gasteiger partial charge is 0.243 e. The van der Waals surface area contributed by atoms with Gasteiger partial charge >= 0.3 is 0 Å². The third kappa shape index (κ3) is 4.19. The summed E-state index contributed by atoms with van der Waals surface area (Å²) in [7, 11) is -3.76. The SMILES string of the molecule is CCOc1ccc(S(=O)(=O)N2CCC[C@H](C(=O)N3c4ccccc4C[C@H]3C)C2)cc1Cl. The van der Waals surface area contributed by atoms with Crippen molar-refractivity contribution in [2.75, 3.05) is 24.6 Å². The number of hydrogen-bond acceptors (Lipinski definition) is 4. The number of anilines is 1. The number of nitrogens with zero attached hydrogens (tertiary/aromatic N) is 2. The molecule has 166 valence electrons. The molecule has 0 saturated carbocycles. The summed E-state index contributed by atoms with van der Waals surface area (Å²) in [4.78, 5) is 15.4. The Morgan fingerprint density at radius 2 is 2.00 bits per heavy atom. The molecular formula is C23H27ClN2O4S. The van der Waals surface area contributed by atoms with Crippen LogP contribution in [0.1, 0.15) is 32.3 Å². The summed E-state index contributed by atoms with van der Waals surface area (Å²) in [6, 6.07) is 12.5. The molecule has 0 unspecified atom stereocenters. The van der Waals surface area contributed by atoms with E-state index in [0.717, 1.165) is 17.7 Å². The van der Waals surface area contributed by atoms with Crippen molar-refractivity contribution in [2.24, 2.45) is 5.92 Å². The van der Waals surface area contributed by atoms with Gasteiger partial charge in [-0.1, -0.05) is 29.8 Å². The number of halogens is 1. The molecule has 0 spiro atoms. The molecule has 2 heterocycles. The van der Waals surface area contributed by atoms with Gasteiger partial charge in [0.1, 0.15) is 5.75 Å². The Morgan fingerprint density at radius 3 is 2.74 bits per heavy atom. The van der Waals surface area contributed by atoms with Gasteiger partial charge in [0, 0.05) is 24.8 Å². The lowest BCUT2D eigenvalue weighted by atomic mass is 9.97. The van der Waals surface area contributed by atoms with Gasteiger partial charge in [-0.2, -0.15) is 4.31 Å². The molecule has 31 heavy (non-hydrogen) atoms. The van der Waals surface area contributed by atoms with Crippen molar-refractivity contribution in [1.29, 1.82) is 0 Å². The molecule has 2 aliphatic rings. The summed E-state index contributed by atoms with van der Waals surface area (Å²) >= 11 is 6.21. The Bertz CT molecular complexity index is 1090. The first kappa shape index (κ1) is 22.1. The monoisotopic (exact) mass is 462 g/mol. The average molecular weight is 463 g/mol. The predicted molar refractivity (Wildman–Crippen MR) is 121 cm³/mol. The van der Waals surface area contributed by atoms with Gasteiger partial charge in [0.2, 0.25) is 15.9 Å². The second-order valence-corrected chi connectivity index (χ2v) is 10.5. The van der Waals surface area contributed by atoms with E-state index in [0.29, 0.717) is 31.7 Å². The minimum Gasteiger partial charge on any atom is -0.492 e. The molecule has 0 N–H and O–H groups in total. The summed E-state index contributed by atoms with van der Waals surface area (Å²) in [5.74, 6) is 0.0916. The number of carbonyl (C=O) groups is 1. The molecule has 2 aromatic rings. The van der Waals surface area contributed by atoms with Crippen LogP contribution in [0.5, 0.6) is 5.75 Å². The van der Waals surface area contributed by atoms with Crippen LogP contribution in [-0.4, -0.2) is 44.4 Å². The summed E-state index contributed by atoms with van der Waals surface area (Å²) in [5, 5.41) is 0.259. The Labute approximate surface area is 188 Å². The van der Waals surface area contributed by atoms with Crippen molar-refractivity contribution >= 4 is 33.2 Å². The van der Waals surface area contributed by atoms with Gasteiger partial charge in [-0.15, -0.1) is 0 Å². The van der Waals surface area contributed by atoms with Gasteiger partial charge in [0.25, 0.3) is 0 Å². The van der Waals surface area contributed by atoms with Crippen molar-refractivity contribution in [1.82, 2.24) is 4.31 Å². The van der Waals surface area contributed by atoms with Gasteiger partial charge in [-0.25, -0.2) is 8.42 Å². The van der Waals surface area contributed by atoms with E-state index in [1.165, 1.54) is 16.4 Å². The number of piperidine rings is 1. The van der Waals surface area contributed by atoms with Crippen LogP contribution >= 0.6 is 11.6 Å². The maximum atomic E-state index is 13.4. The lowest BCUT2D eigenvalue weighted by molar-refractivity contribution is -0.123. The van der Waals surface area contributed by atoms with E-state index in [-0.39, 0.29) is 34.3 Å². The molecule has 1 amide bonds. The van der Waals surface area contributed by atoms with Gasteiger partial charge in [0.15, 0.2) is 0 Å². The third-order valence-corrected chi connectivity index (χ3v) is 8.18. The molecule has 0 aromatic heterocycles. The van der Waals surface area contributed by atoms with Gasteiger partial charge in [-0.05, 0) is 62.9 Å². The number of rotatable bonds is 5. The van der Waals surface area contributed by atoms with Crippen LogP contribution in [-0.2, 0) is 21.2 Å². The topological polar surface area (TPSA) is 66.9 Å². The molecule has 1 saturated heterocycles. The Hall–Kier alpha value is -2.09. The molecule has 8 heteroatoms. The minimum absolute atomic E-state index is 0.00192. The highest BCUT2D eigenvalue weighted by atomic mass is 35.5. The highest BCUT2D eigenvalue weighted by Gasteiger charge is 2.39. The largest absolute Gasteiger partial charge is 0.492 e. The van der Waals surface area contributed by atoms with Gasteiger partial charge in [0.05, 0.1) is 22.4 Å². The molecule has 0 radical (unpaired) electrons. The zero-order valence-electron chi connectivity index (χ0n) is 17.8. The van der Waals surface area contributed by atoms with Crippen molar-refractivity contribution in [3.8, 4) is 5.75 Å². The van der Waals surface area contributed by atoms with E-state index in [2.05, 4.69) is 0 Å². The Morgan fingerprint density at radius 1 is 1.23 bits per heavy atom. The lowest BCUT2D eigenvalue weighted by Gasteiger charge is -2.34. The second-order valence-electron chi connectivity index (χ2n) is 8.12. The molecule has 0 aliphatic carbocycles. The number of amides is 1. The fourth-order valence-corrected chi connectivity index (χ4v) is 6.37. The van der Waals surface area contributed by atoms with Gasteiger partial charge < -0.3 is 9.64 Å². The van der Waals surface area contributed by atoms with Crippen LogP contribution in [0.3, 0.4) is 0 Å². The first-order chi connectivity index (χ1) is 14.8. The van der Waals surface area contributed by atoms with Crippen LogP contribution in [0.25, 0.3) is 0 Å². The zero-order chi connectivity index (χ0) is 22.2. The van der Waals surface area contributed by atoms with Crippen LogP contribution in [0, 0.1) is 5.92 Å². The molecule has 2 atom stereocenters. The third-order valence-electron chi connectivity index (χ3n) is 6.02. The van der Waals surface area contributed by atoms with Crippen molar-refractivity contribution < 1.29 is 17.9 Å². The number of ether oxygens (including phenoxy) is 1. The molecule has 4 rings (SSSR count). The molecule has 2 aliphatic heterocycles. The lowest BCUT2D eigenvalue weighted by Crippen LogP contribution is -2.48. The van der Waals surface area contributed by atoms with Crippen molar-refractivity contribution in [3.63, 3.8) is 0 Å². The number of hydrogen-bond donors (Lipinski definition) is 0. The summed E-state index contributed by atoms with van der Waals surface area (Å²) in [6.07, 6.45) is 2.14. The predicted octanol–water partition coefficient (Wildman–Crippen LogP) is 4.12. The zero-order valence-corrected chi connectivity index (χ0v) is 19.3. The molecular weight excluding hydrogens is 436 g/mol. The van der Waals surface area contributed by atoms with Crippen LogP contribution in [0.2, 0.25) is 5.02 Å². The number of carbonyl (C=O) groups excluding carboxylic acids is 1.